The van der Waals surface area contributed by atoms with Gasteiger partial charge in [0, 0.05) is 69.8 Å². The van der Waals surface area contributed by atoms with Crippen LogP contribution in [0, 0.1) is 6.92 Å². The zero-order chi connectivity index (χ0) is 36.7. The summed E-state index contributed by atoms with van der Waals surface area (Å²) in [5.41, 5.74) is 5.12. The molecule has 268 valence electrons. The van der Waals surface area contributed by atoms with Gasteiger partial charge in [-0.2, -0.15) is 5.10 Å². The largest absolute Gasteiger partial charge is 0.454 e. The Kier molecular flexibility index (Phi) is 9.53. The van der Waals surface area contributed by atoms with Crippen LogP contribution in [0.2, 0.25) is 0 Å². The highest BCUT2D eigenvalue weighted by Crippen LogP contribution is 2.36. The Morgan fingerprint density at radius 3 is 2.50 bits per heavy atom. The number of amides is 4. The van der Waals surface area contributed by atoms with Crippen molar-refractivity contribution in [3.05, 3.63) is 82.2 Å². The lowest BCUT2D eigenvalue weighted by molar-refractivity contribution is -0.135. The van der Waals surface area contributed by atoms with Crippen LogP contribution in [0.4, 0.5) is 5.69 Å². The third-order valence-electron chi connectivity index (χ3n) is 9.59. The molecule has 5 aromatic rings. The predicted octanol–water partition coefficient (Wildman–Crippen LogP) is 4.55. The molecule has 2 atom stereocenters. The number of carbonyl (C=O) groups is 4. The fourth-order valence-corrected chi connectivity index (χ4v) is 7.21. The molecule has 2 aliphatic heterocycles. The van der Waals surface area contributed by atoms with Crippen molar-refractivity contribution in [2.75, 3.05) is 38.1 Å². The van der Waals surface area contributed by atoms with E-state index in [4.69, 9.17) is 4.74 Å². The van der Waals surface area contributed by atoms with E-state index in [0.717, 1.165) is 22.5 Å². The summed E-state index contributed by atoms with van der Waals surface area (Å²) in [6.07, 6.45) is 4.36. The summed E-state index contributed by atoms with van der Waals surface area (Å²) < 4.78 is 8.61. The molecule has 0 radical (unpaired) electrons. The third-order valence-corrected chi connectivity index (χ3v) is 10.2. The van der Waals surface area contributed by atoms with Crippen LogP contribution >= 0.6 is 15.9 Å². The highest BCUT2D eigenvalue weighted by molar-refractivity contribution is 9.10. The Hall–Kier alpha value is -5.57. The molecular formula is C37H38BrN9O5. The van der Waals surface area contributed by atoms with Gasteiger partial charge in [-0.05, 0) is 78.2 Å². The van der Waals surface area contributed by atoms with Crippen molar-refractivity contribution in [1.82, 2.24) is 39.8 Å². The molecule has 4 amide bonds. The first-order chi connectivity index (χ1) is 24.9. The summed E-state index contributed by atoms with van der Waals surface area (Å²) in [6, 6.07) is 14.5. The van der Waals surface area contributed by atoms with Crippen molar-refractivity contribution < 1.29 is 23.9 Å². The number of carbonyl (C=O) groups excluding carboxylic acids is 4. The topological polar surface area (TPSA) is 159 Å². The number of aromatic nitrogens is 5. The second kappa shape index (κ2) is 14.2. The van der Waals surface area contributed by atoms with Crippen LogP contribution in [0.3, 0.4) is 0 Å². The predicted molar refractivity (Wildman–Crippen MR) is 197 cm³/mol. The first kappa shape index (κ1) is 34.9. The smallest absolute Gasteiger partial charge is 0.254 e. The molecule has 0 aliphatic carbocycles. The number of imide groups is 1. The number of aryl methyl sites for hydroxylation is 2. The Bertz CT molecular complexity index is 2180. The van der Waals surface area contributed by atoms with Crippen LogP contribution in [0.5, 0.6) is 11.5 Å². The van der Waals surface area contributed by atoms with Gasteiger partial charge in [0.25, 0.3) is 5.91 Å². The van der Waals surface area contributed by atoms with E-state index in [1.807, 2.05) is 56.3 Å². The number of hydrogen-bond donors (Lipinski definition) is 2. The fourth-order valence-electron chi connectivity index (χ4n) is 6.83. The van der Waals surface area contributed by atoms with Gasteiger partial charge in [-0.1, -0.05) is 12.1 Å². The standard InChI is InChI=1S/C37H38BrN9O5/c1-21-18-46(25-9-5-23(6-10-25)27-13-14-30(48)40-36(27)50)15-16-47(21)31(49)20-44(3)37(51)24-7-11-26(12-8-24)52-33-29(38)17-39-35-32(33)41-34(42-35)28-19-45(4)43-22(28)2/h5-12,17,19,21,27H,13-16,18,20H2,1-4H3,(H,39,41,42)(H,40,48,50)/t21-,27+/m1/s1. The number of aromatic amines is 1. The quantitative estimate of drug-likeness (QED) is 0.216. The lowest BCUT2D eigenvalue weighted by Crippen LogP contribution is -2.56. The van der Waals surface area contributed by atoms with E-state index in [1.54, 1.807) is 42.2 Å². The molecule has 2 aromatic carbocycles. The van der Waals surface area contributed by atoms with Gasteiger partial charge in [0.05, 0.1) is 28.2 Å². The van der Waals surface area contributed by atoms with E-state index >= 15 is 0 Å². The Morgan fingerprint density at radius 2 is 1.83 bits per heavy atom. The molecule has 2 saturated heterocycles. The van der Waals surface area contributed by atoms with E-state index in [1.165, 1.54) is 4.90 Å². The number of nitrogens with one attached hydrogen (secondary N) is 2. The van der Waals surface area contributed by atoms with Gasteiger partial charge in [-0.15, -0.1) is 0 Å². The normalized spacial score (nSPS) is 17.7. The third kappa shape index (κ3) is 7.00. The van der Waals surface area contributed by atoms with E-state index in [0.29, 0.717) is 71.0 Å². The molecular weight excluding hydrogens is 730 g/mol. The van der Waals surface area contributed by atoms with Gasteiger partial charge in [0.2, 0.25) is 17.7 Å². The molecule has 5 heterocycles. The van der Waals surface area contributed by atoms with Crippen LogP contribution in [-0.2, 0) is 21.4 Å². The molecule has 2 N–H and O–H groups in total. The van der Waals surface area contributed by atoms with E-state index in [2.05, 4.69) is 46.2 Å². The first-order valence-corrected chi connectivity index (χ1v) is 17.8. The maximum absolute atomic E-state index is 13.4. The molecule has 2 fully saturated rings. The van der Waals surface area contributed by atoms with Crippen LogP contribution in [0.25, 0.3) is 22.6 Å². The zero-order valence-corrected chi connectivity index (χ0v) is 30.8. The van der Waals surface area contributed by atoms with E-state index in [-0.39, 0.29) is 42.1 Å². The minimum absolute atomic E-state index is 0.0530. The molecule has 3 aromatic heterocycles. The average Bonchev–Trinajstić information content (AvgIpc) is 3.71. The number of imidazole rings is 1. The zero-order valence-electron chi connectivity index (χ0n) is 29.2. The second-order valence-electron chi connectivity index (χ2n) is 13.3. The molecule has 52 heavy (non-hydrogen) atoms. The Labute approximate surface area is 308 Å². The minimum Gasteiger partial charge on any atom is -0.454 e. The fraction of sp³-hybridized carbons (Fsp3) is 0.324. The summed E-state index contributed by atoms with van der Waals surface area (Å²) >= 11 is 3.54. The molecule has 0 spiro atoms. The number of likely N-dealkylation sites (N-methyl/N-ethyl adjacent to an activating group) is 1. The lowest BCUT2D eigenvalue weighted by Gasteiger charge is -2.41. The van der Waals surface area contributed by atoms with E-state index < -0.39 is 0 Å². The average molecular weight is 769 g/mol. The lowest BCUT2D eigenvalue weighted by atomic mass is 9.90. The number of piperazine rings is 1. The monoisotopic (exact) mass is 767 g/mol. The van der Waals surface area contributed by atoms with Gasteiger partial charge < -0.3 is 24.4 Å². The van der Waals surface area contributed by atoms with Crippen molar-refractivity contribution in [2.45, 2.75) is 38.6 Å². The maximum atomic E-state index is 13.4. The van der Waals surface area contributed by atoms with Crippen LogP contribution < -0.4 is 15.0 Å². The number of H-pyrrole nitrogens is 1. The first-order valence-electron chi connectivity index (χ1n) is 17.0. The number of pyridine rings is 1. The summed E-state index contributed by atoms with van der Waals surface area (Å²) in [6.45, 7) is 5.64. The van der Waals surface area contributed by atoms with Crippen molar-refractivity contribution in [3.63, 3.8) is 0 Å². The number of piperidine rings is 1. The maximum Gasteiger partial charge on any atom is 0.254 e. The van der Waals surface area contributed by atoms with Crippen LogP contribution in [0.15, 0.2) is 65.4 Å². The summed E-state index contributed by atoms with van der Waals surface area (Å²) in [5.74, 6) is 0.434. The van der Waals surface area contributed by atoms with Gasteiger partial charge in [-0.3, -0.25) is 29.2 Å². The highest BCUT2D eigenvalue weighted by Gasteiger charge is 2.31. The van der Waals surface area contributed by atoms with Gasteiger partial charge in [0.1, 0.15) is 17.1 Å². The molecule has 7 rings (SSSR count). The molecule has 2 aliphatic rings. The number of halogens is 1. The molecule has 14 nitrogen and oxygen atoms in total. The van der Waals surface area contributed by atoms with Gasteiger partial charge in [-0.25, -0.2) is 9.97 Å². The number of benzene rings is 2. The van der Waals surface area contributed by atoms with Crippen molar-refractivity contribution >= 4 is 56.4 Å². The number of anilines is 1. The van der Waals surface area contributed by atoms with Crippen molar-refractivity contribution in [1.29, 1.82) is 0 Å². The summed E-state index contributed by atoms with van der Waals surface area (Å²) in [5, 5.41) is 6.82. The summed E-state index contributed by atoms with van der Waals surface area (Å²) in [4.78, 5) is 68.4. The number of rotatable bonds is 8. The second-order valence-corrected chi connectivity index (χ2v) is 14.1. The molecule has 15 heteroatoms. The SMILES string of the molecule is Cc1nn(C)cc1-c1nc2ncc(Br)c(Oc3ccc(C(=O)N(C)CC(=O)N4CCN(c5ccc([C@@H]6CCC(=O)NC6=O)cc5)C[C@H]4C)cc3)c2[nH]1. The molecule has 0 unspecified atom stereocenters. The number of nitrogens with zero attached hydrogens (tertiary/aromatic N) is 7. The molecule has 0 bridgehead atoms. The Morgan fingerprint density at radius 1 is 1.08 bits per heavy atom. The van der Waals surface area contributed by atoms with Crippen LogP contribution in [-0.4, -0.2) is 97.4 Å². The number of hydrogen-bond acceptors (Lipinski definition) is 9. The number of fused-ring (bicyclic) bond motifs is 1. The number of ether oxygens (including phenoxy) is 1. The van der Waals surface area contributed by atoms with Crippen molar-refractivity contribution in [2.24, 2.45) is 7.05 Å². The van der Waals surface area contributed by atoms with Gasteiger partial charge in [0.15, 0.2) is 11.4 Å². The van der Waals surface area contributed by atoms with Crippen molar-refractivity contribution in [3.8, 4) is 22.9 Å². The minimum atomic E-state index is -0.328. The summed E-state index contributed by atoms with van der Waals surface area (Å²) in [7, 11) is 3.48. The van der Waals surface area contributed by atoms with Crippen LogP contribution in [0.1, 0.15) is 47.3 Å². The van der Waals surface area contributed by atoms with Gasteiger partial charge >= 0.3 is 0 Å². The molecule has 0 saturated carbocycles. The highest BCUT2D eigenvalue weighted by atomic mass is 79.9. The van der Waals surface area contributed by atoms with E-state index in [9.17, 15) is 19.2 Å². The Balaban J connectivity index is 0.947.